The van der Waals surface area contributed by atoms with Gasteiger partial charge in [0.1, 0.15) is 11.4 Å². The summed E-state index contributed by atoms with van der Waals surface area (Å²) >= 11 is 24.6. The fourth-order valence-electron chi connectivity index (χ4n) is 6.66. The average molecular weight is 951 g/mol. The van der Waals surface area contributed by atoms with Crippen LogP contribution in [0.1, 0.15) is 20.8 Å². The number of hydrogen-bond acceptors (Lipinski definition) is 18. The number of aliphatic hydroxyl groups excluding tert-OH is 5. The van der Waals surface area contributed by atoms with Gasteiger partial charge in [-0.25, -0.2) is 0 Å². The molecular weight excluding hydrogens is 898 g/mol. The number of halogens is 5. The van der Waals surface area contributed by atoms with Crippen LogP contribution in [0.3, 0.4) is 0 Å². The topological polar surface area (TPSA) is 253 Å². The van der Waals surface area contributed by atoms with Gasteiger partial charge in [-0.1, -0.05) is 70.7 Å². The predicted molar refractivity (Wildman–Crippen MR) is 241 cm³/mol. The number of ether oxygens (including phenoxy) is 1. The second-order valence-corrected chi connectivity index (χ2v) is 16.9. The standard InChI is InChI=1S/C21H30Cl2N6O3.C17H22Cl2N6O3.ClH/c1-21(2,3)32-12-14(31)10-28-7-8-29(9-13(28)11-30)20-25-19(24)18(26-27-20)15-5-4-6-16(22)17(15)23;18-13-3-1-2-12(14(13)19)15-16(20)21-17(23-22-15)25-5-4-24(7-11(28)9-27)10(6-25)8-26;/h4-6,13-14,30-31H,7-12H2,1-3H3,(H2,24,25,27);1-3,10-11,26-28H,4-9H2,(H2,20,21,23);1H/t13-,14?;10-,11?;/m00./s1. The van der Waals surface area contributed by atoms with E-state index >= 15 is 0 Å². The summed E-state index contributed by atoms with van der Waals surface area (Å²) in [5.74, 6) is 1.09. The molecule has 0 spiro atoms. The van der Waals surface area contributed by atoms with E-state index in [2.05, 4.69) is 30.4 Å². The van der Waals surface area contributed by atoms with Crippen molar-refractivity contribution in [3.63, 3.8) is 0 Å². The van der Waals surface area contributed by atoms with Crippen LogP contribution in [-0.4, -0.2) is 174 Å². The van der Waals surface area contributed by atoms with Crippen molar-refractivity contribution in [3.8, 4) is 22.5 Å². The van der Waals surface area contributed by atoms with Crippen LogP contribution in [0.2, 0.25) is 20.1 Å². The molecule has 0 bridgehead atoms. The molecule has 0 amide bonds. The summed E-state index contributed by atoms with van der Waals surface area (Å²) in [6.45, 7) is 9.51. The van der Waals surface area contributed by atoms with Crippen molar-refractivity contribution in [1.29, 1.82) is 0 Å². The summed E-state index contributed by atoms with van der Waals surface area (Å²) in [5, 5.41) is 66.9. The Morgan fingerprint density at radius 3 is 1.49 bits per heavy atom. The molecule has 0 saturated carbocycles. The second kappa shape index (κ2) is 22.9. The summed E-state index contributed by atoms with van der Waals surface area (Å²) in [6, 6.07) is 9.91. The molecular formula is C38H53Cl5N12O6. The van der Waals surface area contributed by atoms with Crippen LogP contribution in [0.5, 0.6) is 0 Å². The second-order valence-electron chi connectivity index (χ2n) is 15.4. The van der Waals surface area contributed by atoms with E-state index in [4.69, 9.17) is 67.7 Å². The van der Waals surface area contributed by atoms with Crippen molar-refractivity contribution in [3.05, 3.63) is 56.5 Å². The van der Waals surface area contributed by atoms with Gasteiger partial charge in [-0.15, -0.1) is 32.8 Å². The average Bonchev–Trinajstić information content (AvgIpc) is 3.22. The maximum atomic E-state index is 10.3. The fourth-order valence-corrected chi connectivity index (χ4v) is 7.44. The van der Waals surface area contributed by atoms with Crippen molar-refractivity contribution < 1.29 is 30.3 Å². The third-order valence-electron chi connectivity index (χ3n) is 9.82. The van der Waals surface area contributed by atoms with Gasteiger partial charge >= 0.3 is 0 Å². The van der Waals surface area contributed by atoms with Crippen molar-refractivity contribution in [2.24, 2.45) is 0 Å². The molecule has 2 aromatic heterocycles. The molecule has 2 aromatic carbocycles. The van der Waals surface area contributed by atoms with E-state index in [0.717, 1.165) is 0 Å². The van der Waals surface area contributed by atoms with E-state index in [1.807, 2.05) is 40.4 Å². The van der Waals surface area contributed by atoms with Gasteiger partial charge in [0, 0.05) is 63.5 Å². The van der Waals surface area contributed by atoms with Gasteiger partial charge in [-0.2, -0.15) is 9.97 Å². The molecule has 0 radical (unpaired) electrons. The highest BCUT2D eigenvalue weighted by Gasteiger charge is 2.32. The van der Waals surface area contributed by atoms with Crippen LogP contribution >= 0.6 is 58.8 Å². The number of anilines is 4. The van der Waals surface area contributed by atoms with Crippen molar-refractivity contribution in [1.82, 2.24) is 40.2 Å². The normalized spacial score (nSPS) is 18.6. The van der Waals surface area contributed by atoms with E-state index < -0.39 is 12.2 Å². The molecule has 2 saturated heterocycles. The Labute approximate surface area is 380 Å². The lowest BCUT2D eigenvalue weighted by Gasteiger charge is -2.41. The Balaban J connectivity index is 0.000000266. The molecule has 0 aliphatic carbocycles. The number of aliphatic hydroxyl groups is 5. The van der Waals surface area contributed by atoms with Crippen LogP contribution < -0.4 is 21.3 Å². The molecule has 4 aromatic rings. The van der Waals surface area contributed by atoms with Gasteiger partial charge in [0.15, 0.2) is 11.6 Å². The zero-order valence-corrected chi connectivity index (χ0v) is 37.8. The van der Waals surface area contributed by atoms with Crippen LogP contribution in [0.15, 0.2) is 36.4 Å². The highest BCUT2D eigenvalue weighted by Crippen LogP contribution is 2.36. The van der Waals surface area contributed by atoms with E-state index in [1.165, 1.54) is 0 Å². The van der Waals surface area contributed by atoms with Crippen LogP contribution in [0.25, 0.3) is 22.5 Å². The van der Waals surface area contributed by atoms with Crippen LogP contribution in [0, 0.1) is 0 Å². The molecule has 2 aliphatic heterocycles. The molecule has 23 heteroatoms. The summed E-state index contributed by atoms with van der Waals surface area (Å²) < 4.78 is 5.66. The maximum absolute atomic E-state index is 10.3. The minimum atomic E-state index is -0.851. The lowest BCUT2D eigenvalue weighted by molar-refractivity contribution is -0.0612. The third-order valence-corrected chi connectivity index (χ3v) is 11.5. The smallest absolute Gasteiger partial charge is 0.247 e. The van der Waals surface area contributed by atoms with Gasteiger partial charge in [0.25, 0.3) is 0 Å². The Kier molecular flexibility index (Phi) is 19.0. The van der Waals surface area contributed by atoms with Gasteiger partial charge in [0.05, 0.1) is 76.4 Å². The molecule has 2 fully saturated rings. The Morgan fingerprint density at radius 1 is 0.689 bits per heavy atom. The largest absolute Gasteiger partial charge is 0.395 e. The summed E-state index contributed by atoms with van der Waals surface area (Å²) in [4.78, 5) is 16.5. The number of nitrogen functional groups attached to an aromatic ring is 2. The SMILES string of the molecule is CC(C)(C)OCC(O)CN1CCN(c2nnc(-c3cccc(Cl)c3Cl)c(N)n2)C[C@H]1CO.Cl.Nc1nc(N2CCN(CC(O)CO)[C@H](CO)C2)nnc1-c1cccc(Cl)c1Cl. The van der Waals surface area contributed by atoms with Gasteiger partial charge in [0.2, 0.25) is 11.9 Å². The molecule has 2 aliphatic rings. The number of nitrogens with two attached hydrogens (primary N) is 2. The number of benzene rings is 2. The molecule has 18 nitrogen and oxygen atoms in total. The molecule has 6 rings (SSSR count). The number of β-amino-alcohol motifs (C(OH)–C–C–N with tert-alkyl or cyclic N) is 2. The van der Waals surface area contributed by atoms with E-state index in [-0.39, 0.29) is 74.7 Å². The highest BCUT2D eigenvalue weighted by atomic mass is 35.5. The number of piperazine rings is 2. The summed E-state index contributed by atoms with van der Waals surface area (Å²) in [6.07, 6.45) is -1.50. The zero-order chi connectivity index (χ0) is 43.7. The zero-order valence-electron chi connectivity index (χ0n) is 34.0. The third kappa shape index (κ3) is 13.4. The molecule has 61 heavy (non-hydrogen) atoms. The van der Waals surface area contributed by atoms with E-state index in [0.29, 0.717) is 100 Å². The fraction of sp³-hybridized carbons (Fsp3) is 0.526. The first-order chi connectivity index (χ1) is 28.5. The van der Waals surface area contributed by atoms with Gasteiger partial charge in [-0.05, 0) is 32.9 Å². The summed E-state index contributed by atoms with van der Waals surface area (Å²) in [5.41, 5.74) is 13.8. The van der Waals surface area contributed by atoms with E-state index in [9.17, 15) is 20.4 Å². The molecule has 336 valence electrons. The number of nitrogens with zero attached hydrogens (tertiary/aromatic N) is 10. The number of aromatic nitrogens is 6. The van der Waals surface area contributed by atoms with Crippen LogP contribution in [-0.2, 0) is 4.74 Å². The Morgan fingerprint density at radius 2 is 1.11 bits per heavy atom. The van der Waals surface area contributed by atoms with Crippen molar-refractivity contribution in [2.45, 2.75) is 50.7 Å². The lowest BCUT2D eigenvalue weighted by Crippen LogP contribution is -2.57. The maximum Gasteiger partial charge on any atom is 0.247 e. The molecule has 2 unspecified atom stereocenters. The minimum Gasteiger partial charge on any atom is -0.395 e. The minimum absolute atomic E-state index is 0. The Hall–Kier alpha value is -3.21. The quantitative estimate of drug-likeness (QED) is 0.102. The van der Waals surface area contributed by atoms with Gasteiger partial charge < -0.3 is 51.5 Å². The lowest BCUT2D eigenvalue weighted by atomic mass is 10.1. The van der Waals surface area contributed by atoms with Crippen LogP contribution in [0.4, 0.5) is 23.5 Å². The first-order valence-electron chi connectivity index (χ1n) is 19.2. The van der Waals surface area contributed by atoms with Crippen molar-refractivity contribution >= 4 is 82.3 Å². The predicted octanol–water partition coefficient (Wildman–Crippen LogP) is 2.77. The van der Waals surface area contributed by atoms with Crippen molar-refractivity contribution in [2.75, 3.05) is 100 Å². The molecule has 9 N–H and O–H groups in total. The Bertz CT molecular complexity index is 2040. The monoisotopic (exact) mass is 948 g/mol. The van der Waals surface area contributed by atoms with Gasteiger partial charge in [-0.3, -0.25) is 9.80 Å². The first-order valence-corrected chi connectivity index (χ1v) is 20.7. The molecule has 4 heterocycles. The highest BCUT2D eigenvalue weighted by molar-refractivity contribution is 6.44. The number of hydrogen-bond donors (Lipinski definition) is 7. The summed E-state index contributed by atoms with van der Waals surface area (Å²) in [7, 11) is 0. The number of rotatable bonds is 13. The van der Waals surface area contributed by atoms with E-state index in [1.54, 1.807) is 36.4 Å². The molecule has 4 atom stereocenters. The first kappa shape index (κ1) is 50.4.